The molecule has 1 aromatic heterocycles. The molecule has 1 heterocycles. The van der Waals surface area contributed by atoms with Gasteiger partial charge in [-0.25, -0.2) is 0 Å². The van der Waals surface area contributed by atoms with Crippen molar-refractivity contribution in [2.24, 2.45) is 0 Å². The molecule has 0 aliphatic rings. The fourth-order valence-corrected chi connectivity index (χ4v) is 2.24. The van der Waals surface area contributed by atoms with Gasteiger partial charge >= 0.3 is 11.0 Å². The average Bonchev–Trinajstić information content (AvgIpc) is 2.84. The number of nitrogens with zero attached hydrogens (tertiary/aromatic N) is 1. The minimum absolute atomic E-state index is 0.0980. The standard InChI is InChI=1S/C9H9IN2O5S/c1-17-9(14)5(10)4-11-8(13)6-2-3-7(18-6)12(15)16/h2-3,5H,4H2,1H3,(H,11,13). The molecular formula is C9H9IN2O5S. The van der Waals surface area contributed by atoms with Crippen LogP contribution in [0.1, 0.15) is 9.67 Å². The van der Waals surface area contributed by atoms with E-state index in [0.717, 1.165) is 11.3 Å². The lowest BCUT2D eigenvalue weighted by Gasteiger charge is -2.08. The van der Waals surface area contributed by atoms with Crippen LogP contribution in [-0.2, 0) is 9.53 Å². The predicted molar refractivity (Wildman–Crippen MR) is 73.1 cm³/mol. The number of methoxy groups -OCH3 is 1. The molecule has 0 saturated carbocycles. The van der Waals surface area contributed by atoms with Gasteiger partial charge in [-0.1, -0.05) is 33.9 Å². The molecular weight excluding hydrogens is 375 g/mol. The molecule has 0 aliphatic heterocycles. The first-order valence-electron chi connectivity index (χ1n) is 4.70. The number of nitrogens with one attached hydrogen (secondary N) is 1. The van der Waals surface area contributed by atoms with Gasteiger partial charge in [0.25, 0.3) is 5.91 Å². The lowest BCUT2D eigenvalue weighted by atomic mass is 10.4. The van der Waals surface area contributed by atoms with E-state index in [4.69, 9.17) is 0 Å². The molecule has 1 amide bonds. The molecule has 1 unspecified atom stereocenters. The molecule has 1 aromatic rings. The largest absolute Gasteiger partial charge is 0.468 e. The highest BCUT2D eigenvalue weighted by atomic mass is 127. The van der Waals surface area contributed by atoms with Crippen molar-refractivity contribution in [2.75, 3.05) is 13.7 Å². The smallest absolute Gasteiger partial charge is 0.324 e. The van der Waals surface area contributed by atoms with Gasteiger partial charge in [0.1, 0.15) is 3.92 Å². The maximum Gasteiger partial charge on any atom is 0.324 e. The minimum Gasteiger partial charge on any atom is -0.468 e. The van der Waals surface area contributed by atoms with Gasteiger partial charge in [-0.3, -0.25) is 19.7 Å². The van der Waals surface area contributed by atoms with Crippen LogP contribution in [-0.4, -0.2) is 34.4 Å². The number of carbonyl (C=O) groups is 2. The van der Waals surface area contributed by atoms with Crippen LogP contribution in [0.15, 0.2) is 12.1 Å². The summed E-state index contributed by atoms with van der Waals surface area (Å²) in [6.07, 6.45) is 0. The summed E-state index contributed by atoms with van der Waals surface area (Å²) in [7, 11) is 1.26. The topological polar surface area (TPSA) is 98.5 Å². The van der Waals surface area contributed by atoms with E-state index >= 15 is 0 Å². The molecule has 1 N–H and O–H groups in total. The van der Waals surface area contributed by atoms with Crippen LogP contribution < -0.4 is 5.32 Å². The van der Waals surface area contributed by atoms with Crippen LogP contribution in [0, 0.1) is 10.1 Å². The van der Waals surface area contributed by atoms with Crippen LogP contribution in [0.3, 0.4) is 0 Å². The lowest BCUT2D eigenvalue weighted by Crippen LogP contribution is -2.33. The third-order valence-corrected chi connectivity index (χ3v) is 3.88. The molecule has 0 aliphatic carbocycles. The fraction of sp³-hybridized carbons (Fsp3) is 0.333. The van der Waals surface area contributed by atoms with Crippen LogP contribution in [0.5, 0.6) is 0 Å². The van der Waals surface area contributed by atoms with Crippen molar-refractivity contribution in [1.29, 1.82) is 0 Å². The van der Waals surface area contributed by atoms with Crippen molar-refractivity contribution in [3.63, 3.8) is 0 Å². The van der Waals surface area contributed by atoms with Gasteiger partial charge in [0.15, 0.2) is 0 Å². The molecule has 0 fully saturated rings. The molecule has 0 radical (unpaired) electrons. The first-order chi connectivity index (χ1) is 8.45. The average molecular weight is 384 g/mol. The summed E-state index contributed by atoms with van der Waals surface area (Å²) in [5.41, 5.74) is 0. The monoisotopic (exact) mass is 384 g/mol. The molecule has 1 rings (SSSR count). The van der Waals surface area contributed by atoms with Gasteiger partial charge in [0.2, 0.25) is 0 Å². The highest BCUT2D eigenvalue weighted by Gasteiger charge is 2.19. The number of nitro groups is 1. The number of amides is 1. The number of carbonyl (C=O) groups excluding carboxylic acids is 2. The van der Waals surface area contributed by atoms with E-state index in [9.17, 15) is 19.7 Å². The minimum atomic E-state index is -0.559. The maximum absolute atomic E-state index is 11.6. The van der Waals surface area contributed by atoms with E-state index < -0.39 is 20.7 Å². The quantitative estimate of drug-likeness (QED) is 0.272. The van der Waals surface area contributed by atoms with Crippen molar-refractivity contribution in [3.8, 4) is 0 Å². The normalized spacial score (nSPS) is 11.7. The number of halogens is 1. The number of rotatable bonds is 5. The van der Waals surface area contributed by atoms with Crippen molar-refractivity contribution < 1.29 is 19.2 Å². The molecule has 98 valence electrons. The molecule has 0 saturated heterocycles. The highest BCUT2D eigenvalue weighted by Crippen LogP contribution is 2.23. The zero-order chi connectivity index (χ0) is 13.7. The second-order valence-electron chi connectivity index (χ2n) is 3.10. The van der Waals surface area contributed by atoms with Gasteiger partial charge in [-0.15, -0.1) is 0 Å². The molecule has 0 aromatic carbocycles. The van der Waals surface area contributed by atoms with E-state index in [1.165, 1.54) is 19.2 Å². The molecule has 7 nitrogen and oxygen atoms in total. The number of hydrogen-bond acceptors (Lipinski definition) is 6. The Hall–Kier alpha value is -1.23. The Labute approximate surface area is 120 Å². The molecule has 0 spiro atoms. The number of ether oxygens (including phenoxy) is 1. The number of hydrogen-bond donors (Lipinski definition) is 1. The van der Waals surface area contributed by atoms with Crippen LogP contribution in [0.25, 0.3) is 0 Å². The Kier molecular flexibility index (Phi) is 5.47. The maximum atomic E-state index is 11.6. The van der Waals surface area contributed by atoms with Crippen LogP contribution in [0.4, 0.5) is 5.00 Å². The number of alkyl halides is 1. The molecule has 9 heteroatoms. The van der Waals surface area contributed by atoms with E-state index in [-0.39, 0.29) is 16.4 Å². The first kappa shape index (κ1) is 14.8. The highest BCUT2D eigenvalue weighted by molar-refractivity contribution is 14.1. The summed E-state index contributed by atoms with van der Waals surface area (Å²) in [6, 6.07) is 2.64. The van der Waals surface area contributed by atoms with E-state index in [0.29, 0.717) is 0 Å². The summed E-state index contributed by atoms with van der Waals surface area (Å²) in [5, 5.41) is 12.9. The van der Waals surface area contributed by atoms with Crippen molar-refractivity contribution in [2.45, 2.75) is 3.92 Å². The SMILES string of the molecule is COC(=O)C(I)CNC(=O)c1ccc([N+](=O)[O-])s1. The van der Waals surface area contributed by atoms with Gasteiger partial charge in [0.05, 0.1) is 16.9 Å². The Bertz CT molecular complexity index is 475. The Morgan fingerprint density at radius 2 is 2.28 bits per heavy atom. The second kappa shape index (κ2) is 6.64. The van der Waals surface area contributed by atoms with Crippen LogP contribution >= 0.6 is 33.9 Å². The zero-order valence-corrected chi connectivity index (χ0v) is 12.2. The van der Waals surface area contributed by atoms with Gasteiger partial charge in [0, 0.05) is 12.6 Å². The van der Waals surface area contributed by atoms with Crippen molar-refractivity contribution >= 4 is 50.8 Å². The molecule has 1 atom stereocenters. The molecule has 0 bridgehead atoms. The lowest BCUT2D eigenvalue weighted by molar-refractivity contribution is -0.380. The van der Waals surface area contributed by atoms with Gasteiger partial charge in [-0.05, 0) is 6.07 Å². The summed E-state index contributed by atoms with van der Waals surface area (Å²) in [6.45, 7) is 0.109. The summed E-state index contributed by atoms with van der Waals surface area (Å²) in [5.74, 6) is -0.883. The zero-order valence-electron chi connectivity index (χ0n) is 9.21. The number of esters is 1. The second-order valence-corrected chi connectivity index (χ2v) is 5.66. The van der Waals surface area contributed by atoms with Crippen molar-refractivity contribution in [1.82, 2.24) is 5.32 Å². The Morgan fingerprint density at radius 3 is 2.78 bits per heavy atom. The Balaban J connectivity index is 2.55. The Morgan fingerprint density at radius 1 is 1.61 bits per heavy atom. The summed E-state index contributed by atoms with van der Waals surface area (Å²) < 4.78 is 4.01. The summed E-state index contributed by atoms with van der Waals surface area (Å²) >= 11 is 2.63. The van der Waals surface area contributed by atoms with E-state index in [1.54, 1.807) is 0 Å². The third-order valence-electron chi connectivity index (χ3n) is 1.89. The van der Waals surface area contributed by atoms with Gasteiger partial charge < -0.3 is 10.1 Å². The van der Waals surface area contributed by atoms with Gasteiger partial charge in [-0.2, -0.15) is 0 Å². The van der Waals surface area contributed by atoms with Crippen molar-refractivity contribution in [3.05, 3.63) is 27.1 Å². The van der Waals surface area contributed by atoms with E-state index in [1.807, 2.05) is 22.6 Å². The number of thiophene rings is 1. The first-order valence-corrected chi connectivity index (χ1v) is 6.76. The predicted octanol–water partition coefficient (Wildman–Crippen LogP) is 1.36. The summed E-state index contributed by atoms with van der Waals surface area (Å²) in [4.78, 5) is 32.8. The van der Waals surface area contributed by atoms with Crippen LogP contribution in [0.2, 0.25) is 0 Å². The van der Waals surface area contributed by atoms with E-state index in [2.05, 4.69) is 10.1 Å². The fourth-order valence-electron chi connectivity index (χ4n) is 1.03. The molecule has 18 heavy (non-hydrogen) atoms. The third kappa shape index (κ3) is 3.91.